The highest BCUT2D eigenvalue weighted by Crippen LogP contribution is 2.42. The molecular formula is C18H19N3O2. The Bertz CT molecular complexity index is 792. The Labute approximate surface area is 134 Å². The molecule has 2 aliphatic rings. The van der Waals surface area contributed by atoms with Crippen LogP contribution in [0, 0.1) is 17.8 Å². The number of nitrogens with one attached hydrogen (secondary N) is 3. The van der Waals surface area contributed by atoms with Crippen molar-refractivity contribution in [2.45, 2.75) is 12.8 Å². The van der Waals surface area contributed by atoms with Gasteiger partial charge in [0.15, 0.2) is 0 Å². The van der Waals surface area contributed by atoms with Crippen LogP contribution in [0.25, 0.3) is 10.9 Å². The maximum atomic E-state index is 12.0. The molecule has 0 spiro atoms. The zero-order valence-corrected chi connectivity index (χ0v) is 12.7. The molecule has 2 aromatic rings. The Morgan fingerprint density at radius 1 is 1.13 bits per heavy atom. The lowest BCUT2D eigenvalue weighted by molar-refractivity contribution is -0.136. The highest BCUT2D eigenvalue weighted by atomic mass is 16.2. The zero-order valence-electron chi connectivity index (χ0n) is 12.7. The minimum absolute atomic E-state index is 0.469. The average Bonchev–Trinajstić information content (AvgIpc) is 3.27. The second kappa shape index (κ2) is 5.57. The third kappa shape index (κ3) is 2.74. The molecule has 5 nitrogen and oxygen atoms in total. The number of carbonyl (C=O) groups is 2. The van der Waals surface area contributed by atoms with Crippen LogP contribution in [0.15, 0.2) is 42.6 Å². The molecule has 2 bridgehead atoms. The SMILES string of the molecule is O=C(NC[C@H]1C[C@H]2C=C[C@H]1C2)C(=O)Nc1ccc2cc[nH]c2c1. The zero-order chi connectivity index (χ0) is 15.8. The molecule has 1 aromatic carbocycles. The first-order valence-corrected chi connectivity index (χ1v) is 8.04. The number of aromatic amines is 1. The number of H-pyrrole nitrogens is 1. The van der Waals surface area contributed by atoms with Crippen LogP contribution in [0.3, 0.4) is 0 Å². The molecule has 4 rings (SSSR count). The monoisotopic (exact) mass is 309 g/mol. The van der Waals surface area contributed by atoms with Crippen molar-refractivity contribution >= 4 is 28.4 Å². The van der Waals surface area contributed by atoms with Crippen molar-refractivity contribution in [2.75, 3.05) is 11.9 Å². The summed E-state index contributed by atoms with van der Waals surface area (Å²) < 4.78 is 0. The van der Waals surface area contributed by atoms with Crippen molar-refractivity contribution in [3.8, 4) is 0 Å². The number of aromatic nitrogens is 1. The van der Waals surface area contributed by atoms with Gasteiger partial charge >= 0.3 is 11.8 Å². The van der Waals surface area contributed by atoms with Crippen LogP contribution >= 0.6 is 0 Å². The van der Waals surface area contributed by atoms with E-state index < -0.39 is 11.8 Å². The van der Waals surface area contributed by atoms with Crippen LogP contribution in [0.4, 0.5) is 5.69 Å². The number of hydrogen-bond donors (Lipinski definition) is 3. The average molecular weight is 309 g/mol. The van der Waals surface area contributed by atoms with Crippen molar-refractivity contribution < 1.29 is 9.59 Å². The Hall–Kier alpha value is -2.56. The van der Waals surface area contributed by atoms with Crippen LogP contribution in [-0.4, -0.2) is 23.3 Å². The van der Waals surface area contributed by atoms with Crippen LogP contribution in [-0.2, 0) is 9.59 Å². The lowest BCUT2D eigenvalue weighted by Gasteiger charge is -2.18. The van der Waals surface area contributed by atoms with Gasteiger partial charge < -0.3 is 15.6 Å². The van der Waals surface area contributed by atoms with Crippen molar-refractivity contribution in [3.63, 3.8) is 0 Å². The first-order chi connectivity index (χ1) is 11.2. The number of amides is 2. The van der Waals surface area contributed by atoms with E-state index in [9.17, 15) is 9.59 Å². The second-order valence-corrected chi connectivity index (χ2v) is 6.48. The van der Waals surface area contributed by atoms with Gasteiger partial charge in [-0.25, -0.2) is 0 Å². The van der Waals surface area contributed by atoms with Gasteiger partial charge in [-0.05, 0) is 54.2 Å². The number of allylic oxidation sites excluding steroid dienone is 2. The predicted molar refractivity (Wildman–Crippen MR) is 88.8 cm³/mol. The smallest absolute Gasteiger partial charge is 0.313 e. The van der Waals surface area contributed by atoms with Gasteiger partial charge in [0.2, 0.25) is 0 Å². The van der Waals surface area contributed by atoms with Gasteiger partial charge in [-0.1, -0.05) is 18.2 Å². The lowest BCUT2D eigenvalue weighted by atomic mass is 9.94. The Morgan fingerprint density at radius 2 is 2.04 bits per heavy atom. The summed E-state index contributed by atoms with van der Waals surface area (Å²) in [6, 6.07) is 7.47. The quantitative estimate of drug-likeness (QED) is 0.602. The van der Waals surface area contributed by atoms with E-state index in [4.69, 9.17) is 0 Å². The number of hydrogen-bond acceptors (Lipinski definition) is 2. The summed E-state index contributed by atoms with van der Waals surface area (Å²) in [5.41, 5.74) is 1.54. The topological polar surface area (TPSA) is 74.0 Å². The van der Waals surface area contributed by atoms with Gasteiger partial charge in [-0.2, -0.15) is 0 Å². The fourth-order valence-corrected chi connectivity index (χ4v) is 3.75. The molecule has 2 aliphatic carbocycles. The molecule has 1 heterocycles. The molecule has 3 N–H and O–H groups in total. The van der Waals surface area contributed by atoms with E-state index in [1.54, 1.807) is 6.07 Å². The van der Waals surface area contributed by atoms with E-state index in [1.165, 1.54) is 6.42 Å². The maximum absolute atomic E-state index is 12.0. The third-order valence-electron chi connectivity index (χ3n) is 4.96. The number of benzene rings is 1. The molecule has 1 aromatic heterocycles. The Morgan fingerprint density at radius 3 is 2.83 bits per heavy atom. The summed E-state index contributed by atoms with van der Waals surface area (Å²) in [4.78, 5) is 27.1. The maximum Gasteiger partial charge on any atom is 0.313 e. The third-order valence-corrected chi connectivity index (χ3v) is 4.96. The van der Waals surface area contributed by atoms with Gasteiger partial charge in [0.05, 0.1) is 0 Å². The van der Waals surface area contributed by atoms with Gasteiger partial charge in [-0.3, -0.25) is 9.59 Å². The van der Waals surface area contributed by atoms with Crippen LogP contribution in [0.1, 0.15) is 12.8 Å². The summed E-state index contributed by atoms with van der Waals surface area (Å²) in [6.45, 7) is 0.577. The molecule has 0 saturated heterocycles. The van der Waals surface area contributed by atoms with Gasteiger partial charge in [0.25, 0.3) is 0 Å². The van der Waals surface area contributed by atoms with Crippen LogP contribution < -0.4 is 10.6 Å². The molecular weight excluding hydrogens is 290 g/mol. The first kappa shape index (κ1) is 14.1. The summed E-state index contributed by atoms with van der Waals surface area (Å²) in [7, 11) is 0. The van der Waals surface area contributed by atoms with E-state index in [2.05, 4.69) is 27.8 Å². The number of anilines is 1. The molecule has 2 amide bonds. The molecule has 1 fully saturated rings. The van der Waals surface area contributed by atoms with E-state index >= 15 is 0 Å². The van der Waals surface area contributed by atoms with Crippen molar-refractivity contribution in [1.29, 1.82) is 0 Å². The molecule has 0 unspecified atom stereocenters. The summed E-state index contributed by atoms with van der Waals surface area (Å²) in [5, 5.41) is 6.48. The van der Waals surface area contributed by atoms with Crippen LogP contribution in [0.5, 0.6) is 0 Å². The van der Waals surface area contributed by atoms with E-state index in [1.807, 2.05) is 24.4 Å². The first-order valence-electron chi connectivity index (χ1n) is 8.04. The minimum Gasteiger partial charge on any atom is -0.361 e. The van der Waals surface area contributed by atoms with E-state index in [-0.39, 0.29) is 0 Å². The highest BCUT2D eigenvalue weighted by Gasteiger charge is 2.35. The number of fused-ring (bicyclic) bond motifs is 3. The Kier molecular flexibility index (Phi) is 3.41. The van der Waals surface area contributed by atoms with Crippen molar-refractivity contribution in [3.05, 3.63) is 42.6 Å². The van der Waals surface area contributed by atoms with Gasteiger partial charge in [-0.15, -0.1) is 0 Å². The molecule has 23 heavy (non-hydrogen) atoms. The molecule has 0 radical (unpaired) electrons. The van der Waals surface area contributed by atoms with Crippen molar-refractivity contribution in [2.24, 2.45) is 17.8 Å². The molecule has 1 saturated carbocycles. The standard InChI is InChI=1S/C18H19N3O2/c22-17(20-10-14-8-11-1-2-13(14)7-11)18(23)21-15-4-3-12-5-6-19-16(12)9-15/h1-6,9,11,13-14,19H,7-8,10H2,(H,20,22)(H,21,23)/t11-,13-,14+/m0/s1. The normalized spacial score (nSPS) is 25.0. The highest BCUT2D eigenvalue weighted by molar-refractivity contribution is 6.39. The summed E-state index contributed by atoms with van der Waals surface area (Å²) >= 11 is 0. The van der Waals surface area contributed by atoms with Gasteiger partial charge in [0, 0.05) is 23.9 Å². The summed E-state index contributed by atoms with van der Waals surface area (Å²) in [5.74, 6) is 0.525. The number of rotatable bonds is 3. The lowest BCUT2D eigenvalue weighted by Crippen LogP contribution is -2.38. The second-order valence-electron chi connectivity index (χ2n) is 6.48. The minimum atomic E-state index is -0.616. The largest absolute Gasteiger partial charge is 0.361 e. The van der Waals surface area contributed by atoms with Gasteiger partial charge in [0.1, 0.15) is 0 Å². The van der Waals surface area contributed by atoms with Crippen LogP contribution in [0.2, 0.25) is 0 Å². The summed E-state index contributed by atoms with van der Waals surface area (Å²) in [6.07, 6.45) is 8.67. The fraction of sp³-hybridized carbons (Fsp3) is 0.333. The fourth-order valence-electron chi connectivity index (χ4n) is 3.75. The predicted octanol–water partition coefficient (Wildman–Crippen LogP) is 2.43. The number of carbonyl (C=O) groups excluding carboxylic acids is 2. The van der Waals surface area contributed by atoms with E-state index in [0.29, 0.717) is 30.0 Å². The molecule has 3 atom stereocenters. The molecule has 5 heteroatoms. The molecule has 0 aliphatic heterocycles. The Balaban J connectivity index is 1.33. The van der Waals surface area contributed by atoms with Crippen molar-refractivity contribution in [1.82, 2.24) is 10.3 Å². The van der Waals surface area contributed by atoms with E-state index in [0.717, 1.165) is 17.3 Å². The molecule has 118 valence electrons.